The van der Waals surface area contributed by atoms with Gasteiger partial charge >= 0.3 is 6.18 Å². The second kappa shape index (κ2) is 7.45. The van der Waals surface area contributed by atoms with Gasteiger partial charge in [-0.2, -0.15) is 18.3 Å². The van der Waals surface area contributed by atoms with Crippen molar-refractivity contribution in [3.63, 3.8) is 0 Å². The maximum Gasteiger partial charge on any atom is 0.416 e. The monoisotopic (exact) mass is 354 g/mol. The molecular weight excluding hydrogens is 333 g/mol. The first-order valence-electron chi connectivity index (χ1n) is 8.15. The molecule has 0 saturated heterocycles. The second-order valence-electron chi connectivity index (χ2n) is 6.09. The third kappa shape index (κ3) is 4.13. The van der Waals surface area contributed by atoms with Crippen LogP contribution in [0.3, 0.4) is 0 Å². The molecule has 25 heavy (non-hydrogen) atoms. The number of ether oxygens (including phenoxy) is 1. The zero-order valence-corrected chi connectivity index (χ0v) is 14.0. The first-order chi connectivity index (χ1) is 12.0. The Bertz CT molecular complexity index is 684. The number of alkyl halides is 3. The van der Waals surface area contributed by atoms with Crippen molar-refractivity contribution in [1.82, 2.24) is 15.1 Å². The summed E-state index contributed by atoms with van der Waals surface area (Å²) in [6.45, 7) is 3.69. The highest BCUT2D eigenvalue weighted by Crippen LogP contribution is 2.34. The van der Waals surface area contributed by atoms with Crippen molar-refractivity contribution in [3.8, 4) is 0 Å². The van der Waals surface area contributed by atoms with Gasteiger partial charge in [0.1, 0.15) is 5.82 Å². The summed E-state index contributed by atoms with van der Waals surface area (Å²) >= 11 is 0. The molecule has 136 valence electrons. The van der Waals surface area contributed by atoms with Crippen molar-refractivity contribution in [2.45, 2.75) is 12.7 Å². The van der Waals surface area contributed by atoms with Crippen LogP contribution in [0.25, 0.3) is 0 Å². The van der Waals surface area contributed by atoms with Crippen LogP contribution in [-0.2, 0) is 17.5 Å². The number of rotatable bonds is 6. The van der Waals surface area contributed by atoms with E-state index < -0.39 is 11.7 Å². The molecule has 0 fully saturated rings. The van der Waals surface area contributed by atoms with Crippen LogP contribution in [-0.4, -0.2) is 43.1 Å². The van der Waals surface area contributed by atoms with E-state index in [0.717, 1.165) is 49.8 Å². The molecule has 1 atom stereocenters. The SMILES string of the molecule is COCCNCC1CN(c2ccc(C(F)(F)F)cc2)c2ccnn2C1. The molecule has 1 aromatic carbocycles. The summed E-state index contributed by atoms with van der Waals surface area (Å²) in [4.78, 5) is 2.01. The quantitative estimate of drug-likeness (QED) is 0.810. The molecule has 0 saturated carbocycles. The third-order valence-corrected chi connectivity index (χ3v) is 4.26. The van der Waals surface area contributed by atoms with Crippen LogP contribution in [0, 0.1) is 5.92 Å². The van der Waals surface area contributed by atoms with E-state index in [9.17, 15) is 13.2 Å². The summed E-state index contributed by atoms with van der Waals surface area (Å²) in [5, 5.41) is 7.67. The minimum Gasteiger partial charge on any atom is -0.383 e. The molecule has 0 aliphatic carbocycles. The van der Waals surface area contributed by atoms with Gasteiger partial charge in [0, 0.05) is 51.0 Å². The summed E-state index contributed by atoms with van der Waals surface area (Å²) in [6.07, 6.45) is -2.61. The molecule has 3 rings (SSSR count). The van der Waals surface area contributed by atoms with E-state index in [1.165, 1.54) is 12.1 Å². The van der Waals surface area contributed by atoms with E-state index in [1.54, 1.807) is 13.3 Å². The van der Waals surface area contributed by atoms with Gasteiger partial charge in [-0.1, -0.05) is 0 Å². The molecule has 1 N–H and O–H groups in total. The van der Waals surface area contributed by atoms with Gasteiger partial charge in [-0.15, -0.1) is 0 Å². The predicted octanol–water partition coefficient (Wildman–Crippen LogP) is 2.91. The van der Waals surface area contributed by atoms with Crippen LogP contribution in [0.2, 0.25) is 0 Å². The van der Waals surface area contributed by atoms with Gasteiger partial charge < -0.3 is 15.0 Å². The van der Waals surface area contributed by atoms with E-state index >= 15 is 0 Å². The maximum atomic E-state index is 12.8. The second-order valence-corrected chi connectivity index (χ2v) is 6.09. The Morgan fingerprint density at radius 3 is 2.64 bits per heavy atom. The lowest BCUT2D eigenvalue weighted by Gasteiger charge is -2.35. The first-order valence-corrected chi connectivity index (χ1v) is 8.15. The Morgan fingerprint density at radius 2 is 1.96 bits per heavy atom. The normalized spacial score (nSPS) is 17.6. The van der Waals surface area contributed by atoms with Gasteiger partial charge in [-0.05, 0) is 24.3 Å². The summed E-state index contributed by atoms with van der Waals surface area (Å²) in [7, 11) is 1.66. The predicted molar refractivity (Wildman–Crippen MR) is 88.9 cm³/mol. The molecule has 1 aliphatic rings. The fourth-order valence-corrected chi connectivity index (χ4v) is 3.03. The first kappa shape index (κ1) is 17.8. The zero-order chi connectivity index (χ0) is 17.9. The standard InChI is InChI=1S/C17H21F3N4O/c1-25-9-8-21-10-13-11-23(16-6-7-22-24(16)12-13)15-4-2-14(3-5-15)17(18,19)20/h2-7,13,21H,8-12H2,1H3. The van der Waals surface area contributed by atoms with Crippen molar-refractivity contribution < 1.29 is 17.9 Å². The molecule has 2 heterocycles. The zero-order valence-electron chi connectivity index (χ0n) is 14.0. The Labute approximate surface area is 144 Å². The smallest absolute Gasteiger partial charge is 0.383 e. The number of benzene rings is 1. The van der Waals surface area contributed by atoms with Crippen LogP contribution in [0.1, 0.15) is 5.56 Å². The molecular formula is C17H21F3N4O. The van der Waals surface area contributed by atoms with Crippen molar-refractivity contribution in [3.05, 3.63) is 42.1 Å². The number of hydrogen-bond acceptors (Lipinski definition) is 4. The Balaban J connectivity index is 1.75. The van der Waals surface area contributed by atoms with Crippen molar-refractivity contribution in [2.75, 3.05) is 38.3 Å². The molecule has 0 bridgehead atoms. The minimum atomic E-state index is -4.32. The molecule has 0 radical (unpaired) electrons. The van der Waals surface area contributed by atoms with Gasteiger partial charge in [-0.3, -0.25) is 0 Å². The van der Waals surface area contributed by atoms with Crippen LogP contribution >= 0.6 is 0 Å². The Morgan fingerprint density at radius 1 is 1.20 bits per heavy atom. The summed E-state index contributed by atoms with van der Waals surface area (Å²) in [6, 6.07) is 7.15. The van der Waals surface area contributed by atoms with E-state index in [0.29, 0.717) is 12.5 Å². The molecule has 0 amide bonds. The van der Waals surface area contributed by atoms with Gasteiger partial charge in [0.05, 0.1) is 18.4 Å². The molecule has 2 aromatic rings. The lowest BCUT2D eigenvalue weighted by molar-refractivity contribution is -0.137. The number of nitrogens with zero attached hydrogens (tertiary/aromatic N) is 3. The summed E-state index contributed by atoms with van der Waals surface area (Å²) in [5.74, 6) is 1.19. The number of halogens is 3. The van der Waals surface area contributed by atoms with E-state index in [2.05, 4.69) is 10.4 Å². The maximum absolute atomic E-state index is 12.8. The molecule has 8 heteroatoms. The largest absolute Gasteiger partial charge is 0.416 e. The number of hydrogen-bond donors (Lipinski definition) is 1. The third-order valence-electron chi connectivity index (χ3n) is 4.26. The van der Waals surface area contributed by atoms with Crippen molar-refractivity contribution in [1.29, 1.82) is 0 Å². The van der Waals surface area contributed by atoms with Gasteiger partial charge in [0.2, 0.25) is 0 Å². The van der Waals surface area contributed by atoms with Crippen LogP contribution in [0.5, 0.6) is 0 Å². The highest BCUT2D eigenvalue weighted by Gasteiger charge is 2.31. The number of anilines is 2. The summed E-state index contributed by atoms with van der Waals surface area (Å²) < 4.78 is 45.2. The Hall–Kier alpha value is -2.06. The van der Waals surface area contributed by atoms with E-state index in [1.807, 2.05) is 15.6 Å². The van der Waals surface area contributed by atoms with Gasteiger partial charge in [-0.25, -0.2) is 4.68 Å². The highest BCUT2D eigenvalue weighted by atomic mass is 19.4. The summed E-state index contributed by atoms with van der Waals surface area (Å²) in [5.41, 5.74) is 0.0934. The molecule has 1 unspecified atom stereocenters. The lowest BCUT2D eigenvalue weighted by atomic mass is 10.1. The fraction of sp³-hybridized carbons (Fsp3) is 0.471. The average Bonchev–Trinajstić information content (AvgIpc) is 3.06. The van der Waals surface area contributed by atoms with Crippen LogP contribution < -0.4 is 10.2 Å². The number of methoxy groups -OCH3 is 1. The number of aromatic nitrogens is 2. The topological polar surface area (TPSA) is 42.3 Å². The van der Waals surface area contributed by atoms with Gasteiger partial charge in [0.15, 0.2) is 0 Å². The van der Waals surface area contributed by atoms with E-state index in [-0.39, 0.29) is 0 Å². The van der Waals surface area contributed by atoms with Gasteiger partial charge in [0.25, 0.3) is 0 Å². The fourth-order valence-electron chi connectivity index (χ4n) is 3.03. The van der Waals surface area contributed by atoms with Crippen molar-refractivity contribution >= 4 is 11.5 Å². The molecule has 5 nitrogen and oxygen atoms in total. The lowest BCUT2D eigenvalue weighted by Crippen LogP contribution is -2.40. The van der Waals surface area contributed by atoms with Crippen LogP contribution in [0.15, 0.2) is 36.5 Å². The number of nitrogens with one attached hydrogen (secondary N) is 1. The Kier molecular flexibility index (Phi) is 5.29. The molecule has 1 aromatic heterocycles. The van der Waals surface area contributed by atoms with Crippen LogP contribution in [0.4, 0.5) is 24.7 Å². The van der Waals surface area contributed by atoms with Crippen molar-refractivity contribution in [2.24, 2.45) is 5.92 Å². The minimum absolute atomic E-state index is 0.298. The highest BCUT2D eigenvalue weighted by molar-refractivity contribution is 5.61. The molecule has 0 spiro atoms. The average molecular weight is 354 g/mol. The van der Waals surface area contributed by atoms with E-state index in [4.69, 9.17) is 4.74 Å². The number of fused-ring (bicyclic) bond motifs is 1. The molecule has 1 aliphatic heterocycles.